The van der Waals surface area contributed by atoms with Crippen molar-refractivity contribution in [2.75, 3.05) is 13.1 Å². The first-order chi connectivity index (χ1) is 9.23. The smallest absolute Gasteiger partial charge is 0.263 e. The number of halogens is 1. The molecule has 0 spiro atoms. The second-order valence-corrected chi connectivity index (χ2v) is 5.82. The molecule has 1 amide bonds. The van der Waals surface area contributed by atoms with Crippen molar-refractivity contribution in [3.05, 3.63) is 29.3 Å². The third kappa shape index (κ3) is 5.39. The molecule has 0 aliphatic rings. The molecular weight excluding hydrogens is 278 g/mol. The Morgan fingerprint density at radius 1 is 1.40 bits per heavy atom. The molecule has 112 valence electrons. The number of ether oxygens (including phenoxy) is 1. The van der Waals surface area contributed by atoms with Crippen LogP contribution in [-0.2, 0) is 4.79 Å². The number of rotatable bonds is 6. The van der Waals surface area contributed by atoms with Gasteiger partial charge in [0.05, 0.1) is 5.60 Å². The van der Waals surface area contributed by atoms with Crippen molar-refractivity contribution in [3.8, 4) is 5.75 Å². The van der Waals surface area contributed by atoms with Gasteiger partial charge in [0.2, 0.25) is 0 Å². The van der Waals surface area contributed by atoms with Crippen LogP contribution < -0.4 is 4.74 Å². The van der Waals surface area contributed by atoms with Crippen molar-refractivity contribution in [1.82, 2.24) is 4.90 Å². The van der Waals surface area contributed by atoms with Gasteiger partial charge in [-0.3, -0.25) is 4.79 Å². The molecule has 0 aromatic heterocycles. The number of hydrogen-bond acceptors (Lipinski definition) is 3. The first kappa shape index (κ1) is 16.8. The Morgan fingerprint density at radius 2 is 1.95 bits per heavy atom. The Kier molecular flexibility index (Phi) is 5.84. The van der Waals surface area contributed by atoms with Gasteiger partial charge in [-0.25, -0.2) is 0 Å². The zero-order valence-electron chi connectivity index (χ0n) is 12.4. The molecule has 1 N–H and O–H groups in total. The first-order valence-electron chi connectivity index (χ1n) is 6.66. The second kappa shape index (κ2) is 6.95. The van der Waals surface area contributed by atoms with Crippen LogP contribution in [0.5, 0.6) is 5.75 Å². The lowest BCUT2D eigenvalue weighted by molar-refractivity contribution is -0.140. The number of aliphatic hydroxyl groups is 1. The van der Waals surface area contributed by atoms with Crippen molar-refractivity contribution in [2.24, 2.45) is 0 Å². The highest BCUT2D eigenvalue weighted by atomic mass is 35.5. The third-order valence-corrected chi connectivity index (χ3v) is 3.00. The highest BCUT2D eigenvalue weighted by Gasteiger charge is 2.25. The van der Waals surface area contributed by atoms with E-state index in [-0.39, 0.29) is 12.5 Å². The predicted octanol–water partition coefficient (Wildman–Crippen LogP) is 2.73. The molecule has 1 rings (SSSR count). The quantitative estimate of drug-likeness (QED) is 0.878. The molecule has 1 atom stereocenters. The first-order valence-corrected chi connectivity index (χ1v) is 7.04. The maximum atomic E-state index is 12.3. The van der Waals surface area contributed by atoms with Crippen LogP contribution in [0.2, 0.25) is 5.02 Å². The molecule has 0 saturated carbocycles. The van der Waals surface area contributed by atoms with Crippen molar-refractivity contribution < 1.29 is 14.6 Å². The molecule has 20 heavy (non-hydrogen) atoms. The van der Waals surface area contributed by atoms with Crippen LogP contribution in [0.1, 0.15) is 27.7 Å². The topological polar surface area (TPSA) is 49.8 Å². The number of carbonyl (C=O) groups excluding carboxylic acids is 1. The van der Waals surface area contributed by atoms with Gasteiger partial charge in [-0.1, -0.05) is 11.6 Å². The number of benzene rings is 1. The monoisotopic (exact) mass is 299 g/mol. The molecule has 5 heteroatoms. The van der Waals surface area contributed by atoms with Crippen molar-refractivity contribution >= 4 is 17.5 Å². The number of nitrogens with zero attached hydrogens (tertiary/aromatic N) is 1. The number of amides is 1. The summed E-state index contributed by atoms with van der Waals surface area (Å²) in [4.78, 5) is 13.9. The van der Waals surface area contributed by atoms with Gasteiger partial charge in [-0.2, -0.15) is 0 Å². The average molecular weight is 300 g/mol. The summed E-state index contributed by atoms with van der Waals surface area (Å²) in [6.07, 6.45) is -0.613. The third-order valence-electron chi connectivity index (χ3n) is 2.75. The van der Waals surface area contributed by atoms with E-state index in [1.807, 2.05) is 6.92 Å². The van der Waals surface area contributed by atoms with Gasteiger partial charge in [0.15, 0.2) is 6.10 Å². The van der Waals surface area contributed by atoms with E-state index in [9.17, 15) is 9.90 Å². The second-order valence-electron chi connectivity index (χ2n) is 5.38. The van der Waals surface area contributed by atoms with E-state index < -0.39 is 11.7 Å². The van der Waals surface area contributed by atoms with Gasteiger partial charge in [0.1, 0.15) is 5.75 Å². The summed E-state index contributed by atoms with van der Waals surface area (Å²) in [6, 6.07) is 6.86. The van der Waals surface area contributed by atoms with E-state index in [1.54, 1.807) is 49.9 Å². The summed E-state index contributed by atoms with van der Waals surface area (Å²) < 4.78 is 5.60. The van der Waals surface area contributed by atoms with Crippen LogP contribution in [0.25, 0.3) is 0 Å². The van der Waals surface area contributed by atoms with Gasteiger partial charge < -0.3 is 14.7 Å². The van der Waals surface area contributed by atoms with Crippen molar-refractivity contribution in [1.29, 1.82) is 0 Å². The average Bonchev–Trinajstić information content (AvgIpc) is 2.36. The van der Waals surface area contributed by atoms with Crippen LogP contribution in [0, 0.1) is 0 Å². The fourth-order valence-electron chi connectivity index (χ4n) is 1.84. The fourth-order valence-corrected chi connectivity index (χ4v) is 1.96. The minimum Gasteiger partial charge on any atom is -0.481 e. The molecule has 1 unspecified atom stereocenters. The zero-order valence-corrected chi connectivity index (χ0v) is 13.1. The van der Waals surface area contributed by atoms with Crippen LogP contribution in [0.15, 0.2) is 24.3 Å². The van der Waals surface area contributed by atoms with Gasteiger partial charge in [-0.05, 0) is 52.0 Å². The highest BCUT2D eigenvalue weighted by molar-refractivity contribution is 6.30. The van der Waals surface area contributed by atoms with Gasteiger partial charge in [0.25, 0.3) is 5.91 Å². The minimum atomic E-state index is -0.925. The van der Waals surface area contributed by atoms with Crippen molar-refractivity contribution in [3.63, 3.8) is 0 Å². The van der Waals surface area contributed by atoms with Gasteiger partial charge >= 0.3 is 0 Å². The summed E-state index contributed by atoms with van der Waals surface area (Å²) in [6.45, 7) is 7.72. The molecular formula is C15H22ClNO3. The summed E-state index contributed by atoms with van der Waals surface area (Å²) in [5, 5.41) is 10.4. The van der Waals surface area contributed by atoms with E-state index >= 15 is 0 Å². The van der Waals surface area contributed by atoms with E-state index in [0.717, 1.165) is 0 Å². The lowest BCUT2D eigenvalue weighted by atomic mass is 10.1. The van der Waals surface area contributed by atoms with Crippen LogP contribution in [-0.4, -0.2) is 40.7 Å². The normalized spacial score (nSPS) is 12.9. The summed E-state index contributed by atoms with van der Waals surface area (Å²) in [5.74, 6) is 0.444. The molecule has 4 nitrogen and oxygen atoms in total. The van der Waals surface area contributed by atoms with Gasteiger partial charge in [0, 0.05) is 18.1 Å². The Balaban J connectivity index is 2.67. The number of hydrogen-bond donors (Lipinski definition) is 1. The standard InChI is InChI=1S/C15H22ClNO3/c1-5-17(10-15(3,4)19)14(18)11(2)20-13-8-6-12(16)7-9-13/h6-9,11,19H,5,10H2,1-4H3. The Bertz CT molecular complexity index is 439. The van der Waals surface area contributed by atoms with E-state index in [2.05, 4.69) is 0 Å². The number of carbonyl (C=O) groups is 1. The van der Waals surface area contributed by atoms with E-state index in [1.165, 1.54) is 0 Å². The molecule has 0 saturated heterocycles. The Labute approximate surface area is 125 Å². The molecule has 1 aromatic rings. The lowest BCUT2D eigenvalue weighted by Gasteiger charge is -2.30. The molecule has 0 fully saturated rings. The SMILES string of the molecule is CCN(CC(C)(C)O)C(=O)C(C)Oc1ccc(Cl)cc1. The molecule has 1 aromatic carbocycles. The van der Waals surface area contributed by atoms with Gasteiger partial charge in [-0.15, -0.1) is 0 Å². The van der Waals surface area contributed by atoms with Crippen LogP contribution in [0.3, 0.4) is 0 Å². The maximum absolute atomic E-state index is 12.3. The number of likely N-dealkylation sites (N-methyl/N-ethyl adjacent to an activating group) is 1. The molecule has 0 aliphatic carbocycles. The molecule has 0 radical (unpaired) electrons. The summed E-state index contributed by atoms with van der Waals surface area (Å²) >= 11 is 5.80. The van der Waals surface area contributed by atoms with Crippen LogP contribution >= 0.6 is 11.6 Å². The molecule has 0 aliphatic heterocycles. The zero-order chi connectivity index (χ0) is 15.3. The highest BCUT2D eigenvalue weighted by Crippen LogP contribution is 2.17. The fraction of sp³-hybridized carbons (Fsp3) is 0.533. The summed E-state index contributed by atoms with van der Waals surface area (Å²) in [5.41, 5.74) is -0.925. The van der Waals surface area contributed by atoms with E-state index in [0.29, 0.717) is 17.3 Å². The van der Waals surface area contributed by atoms with Crippen molar-refractivity contribution in [2.45, 2.75) is 39.4 Å². The van der Waals surface area contributed by atoms with E-state index in [4.69, 9.17) is 16.3 Å². The maximum Gasteiger partial charge on any atom is 0.263 e. The van der Waals surface area contributed by atoms with Crippen LogP contribution in [0.4, 0.5) is 0 Å². The Hall–Kier alpha value is -1.26. The summed E-state index contributed by atoms with van der Waals surface area (Å²) in [7, 11) is 0. The lowest BCUT2D eigenvalue weighted by Crippen LogP contribution is -2.47. The minimum absolute atomic E-state index is 0.149. The molecule has 0 bridgehead atoms. The Morgan fingerprint density at radius 3 is 2.40 bits per heavy atom. The predicted molar refractivity (Wildman–Crippen MR) is 80.1 cm³/mol. The molecule has 0 heterocycles. The largest absolute Gasteiger partial charge is 0.481 e.